The summed E-state index contributed by atoms with van der Waals surface area (Å²) in [5.41, 5.74) is 3.37. The standard InChI is InChI=1S/C18H17FN2/c1-12-5-4-8-18(16(12)11-20)21-14-9-13(10-14)15-6-2-3-7-17(15)19/h2-8,13-14,21H,9-10H2,1H3. The molecule has 0 amide bonds. The summed E-state index contributed by atoms with van der Waals surface area (Å²) in [7, 11) is 0. The van der Waals surface area contributed by atoms with Gasteiger partial charge in [-0.15, -0.1) is 0 Å². The van der Waals surface area contributed by atoms with Crippen LogP contribution in [0.15, 0.2) is 42.5 Å². The van der Waals surface area contributed by atoms with Crippen LogP contribution < -0.4 is 5.32 Å². The van der Waals surface area contributed by atoms with Gasteiger partial charge in [-0.3, -0.25) is 0 Å². The number of halogens is 1. The summed E-state index contributed by atoms with van der Waals surface area (Å²) < 4.78 is 13.7. The second-order valence-corrected chi connectivity index (χ2v) is 5.64. The molecule has 1 aliphatic carbocycles. The van der Waals surface area contributed by atoms with Crippen LogP contribution in [0.1, 0.15) is 35.4 Å². The number of hydrogen-bond acceptors (Lipinski definition) is 2. The molecule has 1 N–H and O–H groups in total. The molecular formula is C18H17FN2. The third-order valence-electron chi connectivity index (χ3n) is 4.23. The van der Waals surface area contributed by atoms with Crippen molar-refractivity contribution in [3.8, 4) is 6.07 Å². The highest BCUT2D eigenvalue weighted by Crippen LogP contribution is 2.39. The first-order chi connectivity index (χ1) is 10.2. The van der Waals surface area contributed by atoms with Crippen molar-refractivity contribution in [2.75, 3.05) is 5.32 Å². The summed E-state index contributed by atoms with van der Waals surface area (Å²) in [5, 5.41) is 12.6. The number of nitrogens with one attached hydrogen (secondary N) is 1. The van der Waals surface area contributed by atoms with Crippen LogP contribution in [0.4, 0.5) is 10.1 Å². The van der Waals surface area contributed by atoms with Gasteiger partial charge in [-0.25, -0.2) is 4.39 Å². The highest BCUT2D eigenvalue weighted by Gasteiger charge is 2.32. The summed E-state index contributed by atoms with van der Waals surface area (Å²) in [4.78, 5) is 0. The topological polar surface area (TPSA) is 35.8 Å². The molecule has 3 heteroatoms. The quantitative estimate of drug-likeness (QED) is 0.906. The minimum atomic E-state index is -0.116. The largest absolute Gasteiger partial charge is 0.381 e. The van der Waals surface area contributed by atoms with Crippen molar-refractivity contribution < 1.29 is 4.39 Å². The smallest absolute Gasteiger partial charge is 0.126 e. The highest BCUT2D eigenvalue weighted by molar-refractivity contribution is 5.61. The number of nitrogens with zero attached hydrogens (tertiary/aromatic N) is 1. The second kappa shape index (κ2) is 5.57. The van der Waals surface area contributed by atoms with Crippen LogP contribution in [0.2, 0.25) is 0 Å². The minimum absolute atomic E-state index is 0.116. The predicted molar refractivity (Wildman–Crippen MR) is 81.7 cm³/mol. The van der Waals surface area contributed by atoms with E-state index >= 15 is 0 Å². The molecule has 0 spiro atoms. The lowest BCUT2D eigenvalue weighted by Gasteiger charge is -2.37. The molecule has 0 unspecified atom stereocenters. The van der Waals surface area contributed by atoms with E-state index in [1.54, 1.807) is 6.07 Å². The Bertz CT molecular complexity index is 697. The summed E-state index contributed by atoms with van der Waals surface area (Å²) in [5.74, 6) is 0.160. The summed E-state index contributed by atoms with van der Waals surface area (Å²) >= 11 is 0. The molecule has 1 fully saturated rings. The fraction of sp³-hybridized carbons (Fsp3) is 0.278. The number of anilines is 1. The molecule has 2 aromatic carbocycles. The van der Waals surface area contributed by atoms with Gasteiger partial charge in [-0.1, -0.05) is 30.3 Å². The van der Waals surface area contributed by atoms with Crippen LogP contribution in [-0.2, 0) is 0 Å². The fourth-order valence-electron chi connectivity index (χ4n) is 2.95. The van der Waals surface area contributed by atoms with E-state index in [1.807, 2.05) is 37.3 Å². The van der Waals surface area contributed by atoms with Gasteiger partial charge in [0.05, 0.1) is 11.3 Å². The number of nitriles is 1. The molecule has 0 heterocycles. The fourth-order valence-corrected chi connectivity index (χ4v) is 2.95. The van der Waals surface area contributed by atoms with E-state index in [2.05, 4.69) is 11.4 Å². The van der Waals surface area contributed by atoms with Crippen molar-refractivity contribution in [1.29, 1.82) is 5.26 Å². The Morgan fingerprint density at radius 1 is 1.14 bits per heavy atom. The maximum Gasteiger partial charge on any atom is 0.126 e. The summed E-state index contributed by atoms with van der Waals surface area (Å²) in [6.45, 7) is 1.94. The van der Waals surface area contributed by atoms with E-state index in [0.717, 1.165) is 29.7 Å². The van der Waals surface area contributed by atoms with Crippen molar-refractivity contribution >= 4 is 5.69 Å². The van der Waals surface area contributed by atoms with Crippen LogP contribution in [0, 0.1) is 24.1 Å². The molecule has 1 aliphatic rings. The van der Waals surface area contributed by atoms with Crippen LogP contribution in [0.25, 0.3) is 0 Å². The average molecular weight is 280 g/mol. The normalized spacial score (nSPS) is 20.4. The van der Waals surface area contributed by atoms with Crippen molar-refractivity contribution in [3.05, 3.63) is 65.0 Å². The lowest BCUT2D eigenvalue weighted by Crippen LogP contribution is -2.34. The van der Waals surface area contributed by atoms with Crippen LogP contribution in [0.5, 0.6) is 0 Å². The van der Waals surface area contributed by atoms with Crippen molar-refractivity contribution in [1.82, 2.24) is 0 Å². The molecule has 1 saturated carbocycles. The van der Waals surface area contributed by atoms with Gasteiger partial charge in [0.2, 0.25) is 0 Å². The first kappa shape index (κ1) is 13.6. The van der Waals surface area contributed by atoms with Crippen LogP contribution in [-0.4, -0.2) is 6.04 Å². The molecule has 0 aromatic heterocycles. The van der Waals surface area contributed by atoms with E-state index in [-0.39, 0.29) is 11.7 Å². The van der Waals surface area contributed by atoms with Gasteiger partial charge in [0, 0.05) is 6.04 Å². The Morgan fingerprint density at radius 3 is 2.62 bits per heavy atom. The van der Waals surface area contributed by atoms with Crippen molar-refractivity contribution in [3.63, 3.8) is 0 Å². The summed E-state index contributed by atoms with van der Waals surface area (Å²) in [6.07, 6.45) is 1.81. The van der Waals surface area contributed by atoms with Gasteiger partial charge in [-0.05, 0) is 48.9 Å². The molecule has 21 heavy (non-hydrogen) atoms. The number of aryl methyl sites for hydroxylation is 1. The molecule has 106 valence electrons. The Kier molecular flexibility index (Phi) is 3.62. The van der Waals surface area contributed by atoms with Gasteiger partial charge in [0.25, 0.3) is 0 Å². The highest BCUT2D eigenvalue weighted by atomic mass is 19.1. The van der Waals surface area contributed by atoms with E-state index < -0.39 is 0 Å². The Hall–Kier alpha value is -2.34. The lowest BCUT2D eigenvalue weighted by atomic mass is 9.75. The molecule has 0 bridgehead atoms. The molecule has 3 rings (SSSR count). The molecule has 0 saturated heterocycles. The number of rotatable bonds is 3. The van der Waals surface area contributed by atoms with Crippen LogP contribution in [0.3, 0.4) is 0 Å². The van der Waals surface area contributed by atoms with E-state index in [1.165, 1.54) is 6.07 Å². The first-order valence-electron chi connectivity index (χ1n) is 7.19. The molecule has 0 aliphatic heterocycles. The Labute approximate surface area is 124 Å². The minimum Gasteiger partial charge on any atom is -0.381 e. The first-order valence-corrected chi connectivity index (χ1v) is 7.19. The maximum atomic E-state index is 13.7. The molecule has 0 atom stereocenters. The van der Waals surface area contributed by atoms with E-state index in [9.17, 15) is 9.65 Å². The van der Waals surface area contributed by atoms with Gasteiger partial charge in [-0.2, -0.15) is 5.26 Å². The molecule has 2 aromatic rings. The van der Waals surface area contributed by atoms with Gasteiger partial charge in [0.1, 0.15) is 11.9 Å². The monoisotopic (exact) mass is 280 g/mol. The summed E-state index contributed by atoms with van der Waals surface area (Å²) in [6, 6.07) is 15.4. The number of benzene rings is 2. The molecular weight excluding hydrogens is 263 g/mol. The zero-order chi connectivity index (χ0) is 14.8. The SMILES string of the molecule is Cc1cccc(NC2CC(c3ccccc3F)C2)c1C#N. The zero-order valence-electron chi connectivity index (χ0n) is 11.9. The maximum absolute atomic E-state index is 13.7. The second-order valence-electron chi connectivity index (χ2n) is 5.64. The lowest BCUT2D eigenvalue weighted by molar-refractivity contribution is 0.363. The Morgan fingerprint density at radius 2 is 1.90 bits per heavy atom. The predicted octanol–water partition coefficient (Wildman–Crippen LogP) is 4.36. The van der Waals surface area contributed by atoms with E-state index in [4.69, 9.17) is 0 Å². The van der Waals surface area contributed by atoms with Crippen LogP contribution >= 0.6 is 0 Å². The number of hydrogen-bond donors (Lipinski definition) is 1. The third-order valence-corrected chi connectivity index (χ3v) is 4.23. The van der Waals surface area contributed by atoms with E-state index in [0.29, 0.717) is 11.6 Å². The van der Waals surface area contributed by atoms with Gasteiger partial charge in [0.15, 0.2) is 0 Å². The van der Waals surface area contributed by atoms with Gasteiger partial charge >= 0.3 is 0 Å². The van der Waals surface area contributed by atoms with Gasteiger partial charge < -0.3 is 5.32 Å². The average Bonchev–Trinajstić information content (AvgIpc) is 2.44. The zero-order valence-corrected chi connectivity index (χ0v) is 11.9. The van der Waals surface area contributed by atoms with Crippen molar-refractivity contribution in [2.45, 2.75) is 31.7 Å². The van der Waals surface area contributed by atoms with Crippen molar-refractivity contribution in [2.24, 2.45) is 0 Å². The molecule has 0 radical (unpaired) electrons. The third kappa shape index (κ3) is 2.62. The molecule has 2 nitrogen and oxygen atoms in total. The Balaban J connectivity index is 1.67.